The molecule has 1 fully saturated rings. The summed E-state index contributed by atoms with van der Waals surface area (Å²) in [5.74, 6) is -0.141. The van der Waals surface area contributed by atoms with Crippen molar-refractivity contribution in [3.63, 3.8) is 0 Å². The Bertz CT molecular complexity index is 692. The number of nitrogens with zero attached hydrogens (tertiary/aromatic N) is 2. The number of para-hydroxylation sites is 1. The van der Waals surface area contributed by atoms with E-state index < -0.39 is 0 Å². The van der Waals surface area contributed by atoms with Gasteiger partial charge in [-0.15, -0.1) is 11.8 Å². The molecule has 1 aromatic carbocycles. The summed E-state index contributed by atoms with van der Waals surface area (Å²) in [6, 6.07) is 7.63. The van der Waals surface area contributed by atoms with Gasteiger partial charge in [0.15, 0.2) is 13.1 Å². The zero-order chi connectivity index (χ0) is 20.5. The lowest BCUT2D eigenvalue weighted by Crippen LogP contribution is -3.11. The summed E-state index contributed by atoms with van der Waals surface area (Å²) < 4.78 is 4.98. The van der Waals surface area contributed by atoms with Crippen molar-refractivity contribution in [3.8, 4) is 0 Å². The Balaban J connectivity index is 1.76. The van der Waals surface area contributed by atoms with Crippen molar-refractivity contribution in [1.82, 2.24) is 9.80 Å². The minimum absolute atomic E-state index is 0.0154. The fraction of sp³-hybridized carbons (Fsp3) is 0.526. The van der Waals surface area contributed by atoms with Crippen molar-refractivity contribution in [2.75, 3.05) is 64.5 Å². The Morgan fingerprint density at radius 3 is 2.39 bits per heavy atom. The third-order valence-electron chi connectivity index (χ3n) is 4.45. The van der Waals surface area contributed by atoms with Crippen molar-refractivity contribution in [2.24, 2.45) is 0 Å². The van der Waals surface area contributed by atoms with Crippen LogP contribution in [0.5, 0.6) is 0 Å². The number of thioether (sulfide) groups is 1. The summed E-state index contributed by atoms with van der Waals surface area (Å²) in [6.07, 6.45) is 1.63. The minimum Gasteiger partial charge on any atom is -0.450 e. The van der Waals surface area contributed by atoms with Crippen LogP contribution < -0.4 is 10.2 Å². The van der Waals surface area contributed by atoms with Crippen LogP contribution in [0.1, 0.15) is 6.92 Å². The summed E-state index contributed by atoms with van der Waals surface area (Å²) in [5, 5.41) is 2.91. The molecule has 3 amide bonds. The number of benzene rings is 1. The maximum atomic E-state index is 12.5. The number of hydrogen-bond donors (Lipinski definition) is 2. The van der Waals surface area contributed by atoms with Crippen LogP contribution in [0.15, 0.2) is 29.2 Å². The second-order valence-electron chi connectivity index (χ2n) is 6.63. The number of rotatable bonds is 7. The first-order chi connectivity index (χ1) is 13.4. The zero-order valence-corrected chi connectivity index (χ0v) is 17.5. The first-order valence-electron chi connectivity index (χ1n) is 9.38. The molecule has 2 N–H and O–H groups in total. The zero-order valence-electron chi connectivity index (χ0n) is 16.7. The maximum Gasteiger partial charge on any atom is 0.409 e. The maximum absolute atomic E-state index is 12.5. The van der Waals surface area contributed by atoms with Gasteiger partial charge < -0.3 is 24.8 Å². The Morgan fingerprint density at radius 2 is 1.75 bits per heavy atom. The Hall–Kier alpha value is -2.26. The van der Waals surface area contributed by atoms with Crippen molar-refractivity contribution in [3.05, 3.63) is 24.3 Å². The molecule has 2 rings (SSSR count). The van der Waals surface area contributed by atoms with E-state index in [4.69, 9.17) is 4.74 Å². The van der Waals surface area contributed by atoms with Crippen molar-refractivity contribution < 1.29 is 24.0 Å². The number of carbonyl (C=O) groups is 3. The molecule has 0 spiro atoms. The van der Waals surface area contributed by atoms with E-state index in [-0.39, 0.29) is 31.0 Å². The van der Waals surface area contributed by atoms with E-state index in [1.165, 1.54) is 0 Å². The second kappa shape index (κ2) is 10.9. The van der Waals surface area contributed by atoms with Gasteiger partial charge in [0.1, 0.15) is 0 Å². The van der Waals surface area contributed by atoms with E-state index in [2.05, 4.69) is 5.32 Å². The molecule has 1 aliphatic rings. The first-order valence-corrected chi connectivity index (χ1v) is 10.6. The standard InChI is InChI=1S/C19H28N4O4S/c1-4-27-19(26)23-11-9-22(10-12-23)18(25)14-21(2)13-17(24)20-15-7-5-6-8-16(15)28-3/h5-8H,4,9-14H2,1-3H3,(H,20,24)/p+1. The monoisotopic (exact) mass is 409 g/mol. The molecule has 1 unspecified atom stereocenters. The van der Waals surface area contributed by atoms with Crippen LogP contribution in [0.3, 0.4) is 0 Å². The molecule has 154 valence electrons. The van der Waals surface area contributed by atoms with E-state index in [9.17, 15) is 14.4 Å². The van der Waals surface area contributed by atoms with Gasteiger partial charge in [-0.05, 0) is 25.3 Å². The van der Waals surface area contributed by atoms with E-state index in [0.717, 1.165) is 15.5 Å². The normalized spacial score (nSPS) is 15.1. The highest BCUT2D eigenvalue weighted by Gasteiger charge is 2.26. The smallest absolute Gasteiger partial charge is 0.409 e. The number of hydrogen-bond acceptors (Lipinski definition) is 5. The van der Waals surface area contributed by atoms with Crippen molar-refractivity contribution in [2.45, 2.75) is 11.8 Å². The lowest BCUT2D eigenvalue weighted by molar-refractivity contribution is -0.862. The predicted molar refractivity (Wildman–Crippen MR) is 109 cm³/mol. The van der Waals surface area contributed by atoms with Gasteiger partial charge in [0.25, 0.3) is 11.8 Å². The van der Waals surface area contributed by atoms with Crippen LogP contribution >= 0.6 is 11.8 Å². The molecule has 1 aliphatic heterocycles. The van der Waals surface area contributed by atoms with Gasteiger partial charge in [0, 0.05) is 31.1 Å². The van der Waals surface area contributed by atoms with Gasteiger partial charge in [-0.1, -0.05) is 12.1 Å². The molecule has 1 atom stereocenters. The van der Waals surface area contributed by atoms with Crippen LogP contribution in [0.25, 0.3) is 0 Å². The molecule has 0 saturated carbocycles. The number of carbonyl (C=O) groups excluding carboxylic acids is 3. The van der Waals surface area contributed by atoms with E-state index in [1.54, 1.807) is 28.5 Å². The number of ether oxygens (including phenoxy) is 1. The van der Waals surface area contributed by atoms with E-state index in [1.807, 2.05) is 37.6 Å². The van der Waals surface area contributed by atoms with Gasteiger partial charge >= 0.3 is 6.09 Å². The van der Waals surface area contributed by atoms with Gasteiger partial charge in [0.05, 0.1) is 19.3 Å². The van der Waals surface area contributed by atoms with Crippen LogP contribution in [0, 0.1) is 0 Å². The van der Waals surface area contributed by atoms with Gasteiger partial charge in [-0.25, -0.2) is 4.79 Å². The van der Waals surface area contributed by atoms with Gasteiger partial charge in [-0.2, -0.15) is 0 Å². The molecule has 1 heterocycles. The lowest BCUT2D eigenvalue weighted by atomic mass is 10.3. The van der Waals surface area contributed by atoms with E-state index in [0.29, 0.717) is 32.8 Å². The SMILES string of the molecule is CCOC(=O)N1CCN(C(=O)C[NH+](C)CC(=O)Nc2ccccc2SC)CC1. The molecule has 0 radical (unpaired) electrons. The molecule has 1 aromatic rings. The highest BCUT2D eigenvalue weighted by molar-refractivity contribution is 7.98. The van der Waals surface area contributed by atoms with Crippen LogP contribution in [-0.4, -0.2) is 86.9 Å². The molecule has 9 heteroatoms. The third-order valence-corrected chi connectivity index (χ3v) is 5.25. The van der Waals surface area contributed by atoms with Gasteiger partial charge in [0.2, 0.25) is 0 Å². The molecule has 0 bridgehead atoms. The van der Waals surface area contributed by atoms with E-state index >= 15 is 0 Å². The summed E-state index contributed by atoms with van der Waals surface area (Å²) in [5.41, 5.74) is 0.786. The Labute approximate surface area is 170 Å². The minimum atomic E-state index is -0.334. The average Bonchev–Trinajstić information content (AvgIpc) is 2.68. The number of likely N-dealkylation sites (N-methyl/N-ethyl adjacent to an activating group) is 1. The molecule has 1 saturated heterocycles. The second-order valence-corrected chi connectivity index (χ2v) is 7.47. The number of piperazine rings is 1. The molecular formula is C19H29N4O4S+. The largest absolute Gasteiger partial charge is 0.450 e. The van der Waals surface area contributed by atoms with Crippen molar-refractivity contribution >= 4 is 35.4 Å². The molecule has 28 heavy (non-hydrogen) atoms. The fourth-order valence-electron chi connectivity index (χ4n) is 3.00. The lowest BCUT2D eigenvalue weighted by Gasteiger charge is -2.34. The Morgan fingerprint density at radius 1 is 1.11 bits per heavy atom. The van der Waals surface area contributed by atoms with Crippen LogP contribution in [0.2, 0.25) is 0 Å². The third kappa shape index (κ3) is 6.42. The number of anilines is 1. The van der Waals surface area contributed by atoms with Crippen LogP contribution in [0.4, 0.5) is 10.5 Å². The molecule has 0 aromatic heterocycles. The summed E-state index contributed by atoms with van der Waals surface area (Å²) in [7, 11) is 1.83. The first kappa shape index (κ1) is 22.0. The number of amides is 3. The summed E-state index contributed by atoms with van der Waals surface area (Å²) in [4.78, 5) is 41.7. The van der Waals surface area contributed by atoms with Crippen LogP contribution in [-0.2, 0) is 14.3 Å². The molecule has 0 aliphatic carbocycles. The fourth-order valence-corrected chi connectivity index (χ4v) is 3.56. The van der Waals surface area contributed by atoms with Crippen molar-refractivity contribution in [1.29, 1.82) is 0 Å². The predicted octanol–water partition coefficient (Wildman–Crippen LogP) is 0.162. The summed E-state index contributed by atoms with van der Waals surface area (Å²) >= 11 is 1.57. The topological polar surface area (TPSA) is 83.4 Å². The quantitative estimate of drug-likeness (QED) is 0.627. The highest BCUT2D eigenvalue weighted by atomic mass is 32.2. The number of quaternary nitrogens is 1. The summed E-state index contributed by atoms with van der Waals surface area (Å²) in [6.45, 7) is 4.46. The Kier molecular flexibility index (Phi) is 8.59. The average molecular weight is 410 g/mol. The molecule has 8 nitrogen and oxygen atoms in total. The molecular weight excluding hydrogens is 380 g/mol. The highest BCUT2D eigenvalue weighted by Crippen LogP contribution is 2.24. The van der Waals surface area contributed by atoms with Gasteiger partial charge in [-0.3, -0.25) is 9.59 Å². The number of nitrogens with one attached hydrogen (secondary N) is 2.